The SMILES string of the molecule is CC[C@]1(O)CC[C@@]2(C)[C@@H](CC[C@H]3[C@@H]4[C@@H](C5CC5)CC(=O)[C@@]4(C)CC[C@@H]32)C1. The average molecular weight is 359 g/mol. The molecule has 5 saturated carbocycles. The summed E-state index contributed by atoms with van der Waals surface area (Å²) in [5.74, 6) is 5.12. The van der Waals surface area contributed by atoms with Crippen LogP contribution in [0.25, 0.3) is 0 Å². The van der Waals surface area contributed by atoms with Gasteiger partial charge >= 0.3 is 0 Å². The van der Waals surface area contributed by atoms with Crippen molar-refractivity contribution in [3.05, 3.63) is 0 Å². The molecule has 0 aliphatic heterocycles. The third-order valence-electron chi connectivity index (χ3n) is 10.5. The Kier molecular flexibility index (Phi) is 3.80. The third-order valence-corrected chi connectivity index (χ3v) is 10.5. The van der Waals surface area contributed by atoms with E-state index in [0.717, 1.165) is 49.9 Å². The Morgan fingerprint density at radius 1 is 1.00 bits per heavy atom. The number of Topliss-reactive ketones (excluding diaryl/α,β-unsaturated/α-hetero) is 1. The van der Waals surface area contributed by atoms with E-state index in [1.54, 1.807) is 0 Å². The fourth-order valence-electron chi connectivity index (χ4n) is 8.57. The van der Waals surface area contributed by atoms with Crippen LogP contribution in [0.15, 0.2) is 0 Å². The maximum atomic E-state index is 13.0. The molecule has 0 aromatic rings. The van der Waals surface area contributed by atoms with Gasteiger partial charge in [-0.1, -0.05) is 20.8 Å². The van der Waals surface area contributed by atoms with Gasteiger partial charge in [0, 0.05) is 11.8 Å². The minimum absolute atomic E-state index is 0.00353. The summed E-state index contributed by atoms with van der Waals surface area (Å²) in [6.07, 6.45) is 12.8. The highest BCUT2D eigenvalue weighted by molar-refractivity contribution is 5.87. The first kappa shape index (κ1) is 17.7. The van der Waals surface area contributed by atoms with E-state index in [4.69, 9.17) is 0 Å². The molecule has 8 atom stereocenters. The zero-order valence-electron chi connectivity index (χ0n) is 17.1. The number of ketones is 1. The monoisotopic (exact) mass is 358 g/mol. The van der Waals surface area contributed by atoms with E-state index in [0.29, 0.717) is 29.0 Å². The Morgan fingerprint density at radius 2 is 1.77 bits per heavy atom. The van der Waals surface area contributed by atoms with Crippen LogP contribution in [0.4, 0.5) is 0 Å². The van der Waals surface area contributed by atoms with Crippen molar-refractivity contribution in [2.75, 3.05) is 0 Å². The molecule has 0 radical (unpaired) electrons. The van der Waals surface area contributed by atoms with Gasteiger partial charge in [-0.05, 0) is 105 Å². The molecule has 2 heteroatoms. The van der Waals surface area contributed by atoms with E-state index in [2.05, 4.69) is 20.8 Å². The number of fused-ring (bicyclic) bond motifs is 5. The maximum absolute atomic E-state index is 13.0. The second kappa shape index (κ2) is 5.58. The molecule has 2 nitrogen and oxygen atoms in total. The van der Waals surface area contributed by atoms with Crippen LogP contribution < -0.4 is 0 Å². The molecule has 26 heavy (non-hydrogen) atoms. The molecule has 0 aromatic carbocycles. The van der Waals surface area contributed by atoms with Gasteiger partial charge in [-0.15, -0.1) is 0 Å². The third kappa shape index (κ3) is 2.29. The number of aliphatic hydroxyl groups is 1. The summed E-state index contributed by atoms with van der Waals surface area (Å²) in [6.45, 7) is 7.06. The Bertz CT molecular complexity index is 609. The molecule has 5 aliphatic carbocycles. The Hall–Kier alpha value is -0.370. The van der Waals surface area contributed by atoms with Crippen LogP contribution in [0, 0.1) is 46.3 Å². The lowest BCUT2D eigenvalue weighted by Crippen LogP contribution is -2.56. The standard InChI is InChI=1S/C24H38O2/c1-4-24(26)12-11-22(2)16(14-24)7-8-17-19(22)9-10-23(3)20(25)13-18(21(17)23)15-5-6-15/h15-19,21,26H,4-14H2,1-3H3/t16-,17+,18+,19-,21+,22-,23+,24-/m0/s1. The van der Waals surface area contributed by atoms with Gasteiger partial charge in [-0.25, -0.2) is 0 Å². The lowest BCUT2D eigenvalue weighted by molar-refractivity contribution is -0.158. The number of hydrogen-bond donors (Lipinski definition) is 1. The average Bonchev–Trinajstić information content (AvgIpc) is 3.42. The summed E-state index contributed by atoms with van der Waals surface area (Å²) in [5.41, 5.74) is 0.00188. The summed E-state index contributed by atoms with van der Waals surface area (Å²) < 4.78 is 0. The van der Waals surface area contributed by atoms with E-state index >= 15 is 0 Å². The zero-order valence-corrected chi connectivity index (χ0v) is 17.1. The number of rotatable bonds is 2. The molecule has 0 spiro atoms. The number of carbonyl (C=O) groups is 1. The largest absolute Gasteiger partial charge is 0.390 e. The van der Waals surface area contributed by atoms with Crippen LogP contribution in [0.2, 0.25) is 0 Å². The van der Waals surface area contributed by atoms with Crippen molar-refractivity contribution in [2.45, 2.75) is 97.0 Å². The molecular formula is C24H38O2. The van der Waals surface area contributed by atoms with Gasteiger partial charge in [-0.2, -0.15) is 0 Å². The van der Waals surface area contributed by atoms with Gasteiger partial charge in [0.15, 0.2) is 0 Å². The van der Waals surface area contributed by atoms with Gasteiger partial charge in [0.25, 0.3) is 0 Å². The van der Waals surface area contributed by atoms with Crippen molar-refractivity contribution in [2.24, 2.45) is 46.3 Å². The molecule has 5 fully saturated rings. The molecule has 0 aromatic heterocycles. The molecule has 146 valence electrons. The predicted molar refractivity (Wildman–Crippen MR) is 104 cm³/mol. The van der Waals surface area contributed by atoms with Gasteiger partial charge < -0.3 is 5.11 Å². The quantitative estimate of drug-likeness (QED) is 0.720. The molecule has 5 rings (SSSR count). The highest BCUT2D eigenvalue weighted by atomic mass is 16.3. The first-order valence-electron chi connectivity index (χ1n) is 11.6. The van der Waals surface area contributed by atoms with Crippen molar-refractivity contribution in [3.63, 3.8) is 0 Å². The summed E-state index contributed by atoms with van der Waals surface area (Å²) >= 11 is 0. The molecule has 0 bridgehead atoms. The summed E-state index contributed by atoms with van der Waals surface area (Å²) in [4.78, 5) is 13.0. The van der Waals surface area contributed by atoms with Gasteiger partial charge in [-0.3, -0.25) is 4.79 Å². The van der Waals surface area contributed by atoms with Gasteiger partial charge in [0.1, 0.15) is 5.78 Å². The number of hydrogen-bond acceptors (Lipinski definition) is 2. The van der Waals surface area contributed by atoms with Crippen molar-refractivity contribution < 1.29 is 9.90 Å². The molecule has 0 unspecified atom stereocenters. The predicted octanol–water partition coefficient (Wildman–Crippen LogP) is 5.38. The summed E-state index contributed by atoms with van der Waals surface area (Å²) in [7, 11) is 0. The number of carbonyl (C=O) groups excluding carboxylic acids is 1. The van der Waals surface area contributed by atoms with Crippen LogP contribution in [0.5, 0.6) is 0 Å². The lowest BCUT2D eigenvalue weighted by atomic mass is 9.43. The van der Waals surface area contributed by atoms with Crippen LogP contribution in [0.1, 0.15) is 91.4 Å². The van der Waals surface area contributed by atoms with E-state index in [9.17, 15) is 9.90 Å². The lowest BCUT2D eigenvalue weighted by Gasteiger charge is -2.62. The first-order valence-corrected chi connectivity index (χ1v) is 11.6. The van der Waals surface area contributed by atoms with Crippen molar-refractivity contribution in [1.29, 1.82) is 0 Å². The van der Waals surface area contributed by atoms with E-state index < -0.39 is 5.60 Å². The van der Waals surface area contributed by atoms with Gasteiger partial charge in [0.2, 0.25) is 0 Å². The van der Waals surface area contributed by atoms with Crippen molar-refractivity contribution >= 4 is 5.78 Å². The zero-order chi connectivity index (χ0) is 18.3. The van der Waals surface area contributed by atoms with E-state index in [1.165, 1.54) is 38.5 Å². The van der Waals surface area contributed by atoms with E-state index in [-0.39, 0.29) is 5.41 Å². The second-order valence-electron chi connectivity index (χ2n) is 11.4. The van der Waals surface area contributed by atoms with Crippen LogP contribution >= 0.6 is 0 Å². The molecule has 1 N–H and O–H groups in total. The molecule has 0 amide bonds. The second-order valence-corrected chi connectivity index (χ2v) is 11.4. The maximum Gasteiger partial charge on any atom is 0.139 e. The fraction of sp³-hybridized carbons (Fsp3) is 0.958. The highest BCUT2D eigenvalue weighted by Gasteiger charge is 2.64. The topological polar surface area (TPSA) is 37.3 Å². The normalized spacial score (nSPS) is 56.6. The minimum atomic E-state index is -0.403. The Balaban J connectivity index is 1.46. The molecule has 5 aliphatic rings. The Labute approximate surface area is 159 Å². The molecule has 0 saturated heterocycles. The van der Waals surface area contributed by atoms with Crippen LogP contribution in [0.3, 0.4) is 0 Å². The summed E-state index contributed by atoms with van der Waals surface area (Å²) in [6, 6.07) is 0. The first-order chi connectivity index (χ1) is 12.3. The molecular weight excluding hydrogens is 320 g/mol. The van der Waals surface area contributed by atoms with Crippen molar-refractivity contribution in [1.82, 2.24) is 0 Å². The Morgan fingerprint density at radius 3 is 2.46 bits per heavy atom. The highest BCUT2D eigenvalue weighted by Crippen LogP contribution is 2.69. The smallest absolute Gasteiger partial charge is 0.139 e. The van der Waals surface area contributed by atoms with E-state index in [1.807, 2.05) is 0 Å². The fourth-order valence-corrected chi connectivity index (χ4v) is 8.57. The van der Waals surface area contributed by atoms with Gasteiger partial charge in [0.05, 0.1) is 5.60 Å². The van der Waals surface area contributed by atoms with Crippen molar-refractivity contribution in [3.8, 4) is 0 Å². The van der Waals surface area contributed by atoms with Crippen LogP contribution in [-0.4, -0.2) is 16.5 Å². The van der Waals surface area contributed by atoms with Crippen LogP contribution in [-0.2, 0) is 4.79 Å². The summed E-state index contributed by atoms with van der Waals surface area (Å²) in [5, 5.41) is 10.9. The minimum Gasteiger partial charge on any atom is -0.390 e. The molecule has 0 heterocycles.